The predicted molar refractivity (Wildman–Crippen MR) is 81.3 cm³/mol. The van der Waals surface area contributed by atoms with Gasteiger partial charge in [0.25, 0.3) is 0 Å². The summed E-state index contributed by atoms with van der Waals surface area (Å²) in [6.07, 6.45) is 0. The Labute approximate surface area is 127 Å². The third-order valence-electron chi connectivity index (χ3n) is 2.85. The highest BCUT2D eigenvalue weighted by Gasteiger charge is 2.17. The van der Waals surface area contributed by atoms with Crippen molar-refractivity contribution in [3.8, 4) is 11.4 Å². The number of aryl methyl sites for hydroxylation is 1. The Morgan fingerprint density at radius 2 is 1.58 bits per heavy atom. The summed E-state index contributed by atoms with van der Waals surface area (Å²) in [6.45, 7) is 6.02. The maximum Gasteiger partial charge on any atom is 0.164 e. The van der Waals surface area contributed by atoms with Gasteiger partial charge in [-0.1, -0.05) is 54.7 Å². The SMILES string of the molecule is Cc1nc(-c2c(Cl)cccc2Cl)nc(Cl)c1C(C)C. The Morgan fingerprint density at radius 1 is 1.00 bits per heavy atom. The van der Waals surface area contributed by atoms with Crippen molar-refractivity contribution >= 4 is 34.8 Å². The van der Waals surface area contributed by atoms with Crippen LogP contribution in [0.1, 0.15) is 31.0 Å². The molecule has 2 aromatic rings. The van der Waals surface area contributed by atoms with E-state index in [1.54, 1.807) is 18.2 Å². The highest BCUT2D eigenvalue weighted by Crippen LogP contribution is 2.35. The summed E-state index contributed by atoms with van der Waals surface area (Å²) >= 11 is 18.6. The Morgan fingerprint density at radius 3 is 2.05 bits per heavy atom. The first kappa shape index (κ1) is 14.6. The maximum atomic E-state index is 6.25. The van der Waals surface area contributed by atoms with Crippen LogP contribution in [0.5, 0.6) is 0 Å². The molecule has 0 saturated heterocycles. The zero-order chi connectivity index (χ0) is 14.2. The fourth-order valence-corrected chi connectivity index (χ4v) is 3.03. The van der Waals surface area contributed by atoms with Crippen LogP contribution in [0.15, 0.2) is 18.2 Å². The van der Waals surface area contributed by atoms with Crippen molar-refractivity contribution in [3.63, 3.8) is 0 Å². The Kier molecular flexibility index (Phi) is 4.34. The molecule has 2 nitrogen and oxygen atoms in total. The summed E-state index contributed by atoms with van der Waals surface area (Å²) in [4.78, 5) is 8.82. The summed E-state index contributed by atoms with van der Waals surface area (Å²) in [6, 6.07) is 5.29. The highest BCUT2D eigenvalue weighted by atomic mass is 35.5. The zero-order valence-electron chi connectivity index (χ0n) is 10.8. The molecular weight excluding hydrogens is 303 g/mol. The van der Waals surface area contributed by atoms with E-state index in [2.05, 4.69) is 23.8 Å². The average Bonchev–Trinajstić information content (AvgIpc) is 2.26. The number of rotatable bonds is 2. The van der Waals surface area contributed by atoms with Crippen LogP contribution in [0.3, 0.4) is 0 Å². The van der Waals surface area contributed by atoms with Gasteiger partial charge in [-0.3, -0.25) is 0 Å². The predicted octanol–water partition coefficient (Wildman–Crippen LogP) is 5.54. The molecule has 0 fully saturated rings. The number of hydrogen-bond donors (Lipinski definition) is 0. The number of benzene rings is 1. The topological polar surface area (TPSA) is 25.8 Å². The molecule has 0 aliphatic heterocycles. The maximum absolute atomic E-state index is 6.25. The fourth-order valence-electron chi connectivity index (χ4n) is 2.03. The molecule has 2 rings (SSSR count). The van der Waals surface area contributed by atoms with Gasteiger partial charge in [-0.05, 0) is 25.0 Å². The first-order chi connectivity index (χ1) is 8.91. The molecule has 19 heavy (non-hydrogen) atoms. The molecule has 1 aromatic heterocycles. The van der Waals surface area contributed by atoms with E-state index in [0.717, 1.165) is 11.3 Å². The molecule has 1 aromatic carbocycles. The van der Waals surface area contributed by atoms with Crippen LogP contribution in [0.25, 0.3) is 11.4 Å². The molecule has 0 spiro atoms. The van der Waals surface area contributed by atoms with Crippen molar-refractivity contribution < 1.29 is 0 Å². The lowest BCUT2D eigenvalue weighted by molar-refractivity contribution is 0.831. The van der Waals surface area contributed by atoms with E-state index >= 15 is 0 Å². The average molecular weight is 316 g/mol. The second-order valence-corrected chi connectivity index (χ2v) is 5.76. The third-order valence-corrected chi connectivity index (χ3v) is 3.77. The van der Waals surface area contributed by atoms with Gasteiger partial charge >= 0.3 is 0 Å². The van der Waals surface area contributed by atoms with Gasteiger partial charge in [0, 0.05) is 11.3 Å². The van der Waals surface area contributed by atoms with Gasteiger partial charge in [0.1, 0.15) is 5.15 Å². The standard InChI is InChI=1S/C14H13Cl3N2/c1-7(2)11-8(3)18-14(19-13(11)17)12-9(15)5-4-6-10(12)16/h4-7H,1-3H3. The molecule has 0 radical (unpaired) electrons. The van der Waals surface area contributed by atoms with E-state index in [-0.39, 0.29) is 5.92 Å². The lowest BCUT2D eigenvalue weighted by atomic mass is 10.0. The number of hydrogen-bond acceptors (Lipinski definition) is 2. The van der Waals surface area contributed by atoms with Crippen LogP contribution < -0.4 is 0 Å². The molecule has 0 atom stereocenters. The van der Waals surface area contributed by atoms with Crippen molar-refractivity contribution in [3.05, 3.63) is 44.7 Å². The summed E-state index contributed by atoms with van der Waals surface area (Å²) in [5.74, 6) is 0.728. The van der Waals surface area contributed by atoms with Gasteiger partial charge in [0.15, 0.2) is 5.82 Å². The molecule has 0 N–H and O–H groups in total. The number of halogens is 3. The summed E-state index contributed by atoms with van der Waals surface area (Å²) in [5.41, 5.74) is 2.42. The monoisotopic (exact) mass is 314 g/mol. The van der Waals surface area contributed by atoms with Crippen LogP contribution in [0, 0.1) is 6.92 Å². The molecule has 0 aliphatic rings. The molecule has 0 aliphatic carbocycles. The van der Waals surface area contributed by atoms with Gasteiger partial charge in [0.05, 0.1) is 15.6 Å². The zero-order valence-corrected chi connectivity index (χ0v) is 13.1. The molecular formula is C14H13Cl3N2. The van der Waals surface area contributed by atoms with Gasteiger partial charge < -0.3 is 0 Å². The lowest BCUT2D eigenvalue weighted by Crippen LogP contribution is -2.02. The third kappa shape index (κ3) is 2.86. The normalized spacial score (nSPS) is 11.1. The van der Waals surface area contributed by atoms with E-state index in [1.807, 2.05) is 6.92 Å². The number of nitrogens with zero attached hydrogens (tertiary/aromatic N) is 2. The largest absolute Gasteiger partial charge is 0.233 e. The lowest BCUT2D eigenvalue weighted by Gasteiger charge is -2.13. The Bertz CT molecular complexity index is 581. The van der Waals surface area contributed by atoms with Crippen molar-refractivity contribution in [2.75, 3.05) is 0 Å². The molecule has 0 unspecified atom stereocenters. The van der Waals surface area contributed by atoms with Gasteiger partial charge in [0.2, 0.25) is 0 Å². The van der Waals surface area contributed by atoms with Crippen molar-refractivity contribution in [2.45, 2.75) is 26.7 Å². The van der Waals surface area contributed by atoms with Gasteiger partial charge in [-0.2, -0.15) is 0 Å². The molecule has 100 valence electrons. The minimum absolute atomic E-state index is 0.267. The fraction of sp³-hybridized carbons (Fsp3) is 0.286. The van der Waals surface area contributed by atoms with Crippen LogP contribution >= 0.6 is 34.8 Å². The van der Waals surface area contributed by atoms with E-state index < -0.39 is 0 Å². The minimum Gasteiger partial charge on any atom is -0.233 e. The highest BCUT2D eigenvalue weighted by molar-refractivity contribution is 6.39. The van der Waals surface area contributed by atoms with Crippen LogP contribution in [-0.2, 0) is 0 Å². The van der Waals surface area contributed by atoms with E-state index in [9.17, 15) is 0 Å². The smallest absolute Gasteiger partial charge is 0.164 e. The molecule has 0 amide bonds. The van der Waals surface area contributed by atoms with Crippen LogP contribution in [-0.4, -0.2) is 9.97 Å². The number of aromatic nitrogens is 2. The molecule has 5 heteroatoms. The van der Waals surface area contributed by atoms with E-state index in [0.29, 0.717) is 26.6 Å². The van der Waals surface area contributed by atoms with E-state index in [1.165, 1.54) is 0 Å². The van der Waals surface area contributed by atoms with E-state index in [4.69, 9.17) is 34.8 Å². The molecule has 0 bridgehead atoms. The first-order valence-electron chi connectivity index (χ1n) is 5.90. The first-order valence-corrected chi connectivity index (χ1v) is 7.03. The van der Waals surface area contributed by atoms with Crippen molar-refractivity contribution in [1.82, 2.24) is 9.97 Å². The van der Waals surface area contributed by atoms with Crippen molar-refractivity contribution in [2.24, 2.45) is 0 Å². The quantitative estimate of drug-likeness (QED) is 0.680. The van der Waals surface area contributed by atoms with Crippen LogP contribution in [0.4, 0.5) is 0 Å². The summed E-state index contributed by atoms with van der Waals surface area (Å²) < 4.78 is 0. The molecule has 1 heterocycles. The Balaban J connectivity index is 2.66. The summed E-state index contributed by atoms with van der Waals surface area (Å²) in [5, 5.41) is 1.48. The minimum atomic E-state index is 0.267. The second-order valence-electron chi connectivity index (χ2n) is 4.59. The second kappa shape index (κ2) is 5.66. The van der Waals surface area contributed by atoms with Gasteiger partial charge in [-0.25, -0.2) is 9.97 Å². The van der Waals surface area contributed by atoms with Gasteiger partial charge in [-0.15, -0.1) is 0 Å². The summed E-state index contributed by atoms with van der Waals surface area (Å²) in [7, 11) is 0. The van der Waals surface area contributed by atoms with Crippen LogP contribution in [0.2, 0.25) is 15.2 Å². The van der Waals surface area contributed by atoms with Crippen molar-refractivity contribution in [1.29, 1.82) is 0 Å². The molecule has 0 saturated carbocycles. The Hall–Kier alpha value is -0.830.